The van der Waals surface area contributed by atoms with Crippen LogP contribution in [0.15, 0.2) is 30.3 Å². The monoisotopic (exact) mass is 235 g/mol. The summed E-state index contributed by atoms with van der Waals surface area (Å²) in [5, 5.41) is 3.46. The third-order valence-electron chi connectivity index (χ3n) is 2.77. The quantitative estimate of drug-likeness (QED) is 0.685. The van der Waals surface area contributed by atoms with Crippen molar-refractivity contribution in [1.82, 2.24) is 15.1 Å². The molecule has 3 nitrogen and oxygen atoms in total. The molecule has 0 aliphatic carbocycles. The van der Waals surface area contributed by atoms with E-state index >= 15 is 0 Å². The van der Waals surface area contributed by atoms with Crippen molar-refractivity contribution in [1.29, 1.82) is 0 Å². The lowest BCUT2D eigenvalue weighted by Crippen LogP contribution is -2.33. The van der Waals surface area contributed by atoms with E-state index in [9.17, 15) is 0 Å². The number of hydrogen-bond donors (Lipinski definition) is 1. The molecule has 0 fully saturated rings. The molecule has 0 aliphatic heterocycles. The first-order valence-corrected chi connectivity index (χ1v) is 6.26. The Bertz CT molecular complexity index is 285. The fourth-order valence-corrected chi connectivity index (χ4v) is 1.58. The molecule has 17 heavy (non-hydrogen) atoms. The molecule has 3 heteroatoms. The summed E-state index contributed by atoms with van der Waals surface area (Å²) < 4.78 is 0. The summed E-state index contributed by atoms with van der Waals surface area (Å²) in [6, 6.07) is 10.5. The Kier molecular flexibility index (Phi) is 6.86. The minimum Gasteiger partial charge on any atom is -0.311 e. The summed E-state index contributed by atoms with van der Waals surface area (Å²) in [7, 11) is 6.40. The van der Waals surface area contributed by atoms with Gasteiger partial charge in [-0.05, 0) is 26.7 Å². The molecule has 1 aromatic rings. The molecule has 0 aromatic heterocycles. The Morgan fingerprint density at radius 1 is 0.941 bits per heavy atom. The minimum atomic E-state index is 0.961. The average Bonchev–Trinajstić information content (AvgIpc) is 2.33. The van der Waals surface area contributed by atoms with Gasteiger partial charge >= 0.3 is 0 Å². The van der Waals surface area contributed by atoms with Crippen LogP contribution in [0.25, 0.3) is 0 Å². The molecule has 0 bridgehead atoms. The maximum absolute atomic E-state index is 3.46. The number of hydrogen-bond acceptors (Lipinski definition) is 3. The highest BCUT2D eigenvalue weighted by Crippen LogP contribution is 1.96. The Morgan fingerprint density at radius 2 is 1.65 bits per heavy atom. The molecule has 0 atom stereocenters. The van der Waals surface area contributed by atoms with Gasteiger partial charge in [0, 0.05) is 32.7 Å². The van der Waals surface area contributed by atoms with Gasteiger partial charge in [0.15, 0.2) is 0 Å². The minimum absolute atomic E-state index is 0.961. The summed E-state index contributed by atoms with van der Waals surface area (Å²) in [5.41, 5.74) is 1.35. The second kappa shape index (κ2) is 8.23. The molecular formula is C14H25N3. The predicted molar refractivity (Wildman–Crippen MR) is 74.2 cm³/mol. The largest absolute Gasteiger partial charge is 0.311 e. The Hall–Kier alpha value is -0.900. The van der Waals surface area contributed by atoms with E-state index in [4.69, 9.17) is 0 Å². The van der Waals surface area contributed by atoms with Gasteiger partial charge in [-0.1, -0.05) is 30.3 Å². The first-order valence-electron chi connectivity index (χ1n) is 6.26. The SMILES string of the molecule is CN(C)CCN(C)CCNCc1ccccc1. The summed E-state index contributed by atoms with van der Waals surface area (Å²) >= 11 is 0. The van der Waals surface area contributed by atoms with Gasteiger partial charge < -0.3 is 15.1 Å². The van der Waals surface area contributed by atoms with Crippen molar-refractivity contribution < 1.29 is 0 Å². The Labute approximate surface area is 105 Å². The van der Waals surface area contributed by atoms with E-state index in [0.717, 1.165) is 32.7 Å². The van der Waals surface area contributed by atoms with E-state index in [1.807, 2.05) is 0 Å². The zero-order valence-corrected chi connectivity index (χ0v) is 11.3. The highest BCUT2D eigenvalue weighted by Gasteiger charge is 1.98. The summed E-state index contributed by atoms with van der Waals surface area (Å²) in [5.74, 6) is 0. The third-order valence-corrected chi connectivity index (χ3v) is 2.77. The molecule has 0 spiro atoms. The molecule has 0 heterocycles. The van der Waals surface area contributed by atoms with Crippen LogP contribution in [-0.2, 0) is 6.54 Å². The van der Waals surface area contributed by atoms with Crippen LogP contribution < -0.4 is 5.32 Å². The van der Waals surface area contributed by atoms with Crippen LogP contribution in [0.5, 0.6) is 0 Å². The first-order chi connectivity index (χ1) is 8.18. The smallest absolute Gasteiger partial charge is 0.0206 e. The van der Waals surface area contributed by atoms with Crippen LogP contribution in [0.1, 0.15) is 5.56 Å². The van der Waals surface area contributed by atoms with Gasteiger partial charge in [-0.3, -0.25) is 0 Å². The second-order valence-electron chi connectivity index (χ2n) is 4.77. The lowest BCUT2D eigenvalue weighted by molar-refractivity contribution is 0.281. The number of benzene rings is 1. The lowest BCUT2D eigenvalue weighted by atomic mass is 10.2. The fraction of sp³-hybridized carbons (Fsp3) is 0.571. The van der Waals surface area contributed by atoms with Gasteiger partial charge in [-0.25, -0.2) is 0 Å². The van der Waals surface area contributed by atoms with E-state index in [0.29, 0.717) is 0 Å². The number of likely N-dealkylation sites (N-methyl/N-ethyl adjacent to an activating group) is 2. The Balaban J connectivity index is 2.04. The van der Waals surface area contributed by atoms with E-state index in [1.54, 1.807) is 0 Å². The molecule has 0 saturated carbocycles. The number of nitrogens with zero attached hydrogens (tertiary/aromatic N) is 2. The van der Waals surface area contributed by atoms with E-state index in [2.05, 4.69) is 66.6 Å². The molecule has 96 valence electrons. The van der Waals surface area contributed by atoms with Crippen molar-refractivity contribution in [2.45, 2.75) is 6.54 Å². The van der Waals surface area contributed by atoms with Crippen molar-refractivity contribution in [2.75, 3.05) is 47.3 Å². The van der Waals surface area contributed by atoms with Crippen LogP contribution in [0, 0.1) is 0 Å². The summed E-state index contributed by atoms with van der Waals surface area (Å²) in [4.78, 5) is 4.58. The topological polar surface area (TPSA) is 18.5 Å². The van der Waals surface area contributed by atoms with E-state index in [1.165, 1.54) is 5.56 Å². The van der Waals surface area contributed by atoms with Crippen molar-refractivity contribution in [2.24, 2.45) is 0 Å². The molecule has 1 N–H and O–H groups in total. The molecule has 1 rings (SSSR count). The molecule has 0 amide bonds. The van der Waals surface area contributed by atoms with Gasteiger partial charge in [-0.15, -0.1) is 0 Å². The van der Waals surface area contributed by atoms with E-state index in [-0.39, 0.29) is 0 Å². The van der Waals surface area contributed by atoms with Gasteiger partial charge in [-0.2, -0.15) is 0 Å². The number of nitrogens with one attached hydrogen (secondary N) is 1. The van der Waals surface area contributed by atoms with Gasteiger partial charge in [0.25, 0.3) is 0 Å². The van der Waals surface area contributed by atoms with Crippen LogP contribution in [0.2, 0.25) is 0 Å². The summed E-state index contributed by atoms with van der Waals surface area (Å²) in [6.07, 6.45) is 0. The van der Waals surface area contributed by atoms with Crippen molar-refractivity contribution in [3.05, 3.63) is 35.9 Å². The predicted octanol–water partition coefficient (Wildman–Crippen LogP) is 1.27. The van der Waals surface area contributed by atoms with Gasteiger partial charge in [0.05, 0.1) is 0 Å². The van der Waals surface area contributed by atoms with E-state index < -0.39 is 0 Å². The highest BCUT2D eigenvalue weighted by atomic mass is 15.2. The van der Waals surface area contributed by atoms with Crippen molar-refractivity contribution in [3.8, 4) is 0 Å². The zero-order valence-electron chi connectivity index (χ0n) is 11.3. The summed E-state index contributed by atoms with van der Waals surface area (Å²) in [6.45, 7) is 5.34. The third kappa shape index (κ3) is 7.10. The second-order valence-corrected chi connectivity index (χ2v) is 4.77. The highest BCUT2D eigenvalue weighted by molar-refractivity contribution is 5.14. The van der Waals surface area contributed by atoms with Gasteiger partial charge in [0.2, 0.25) is 0 Å². The lowest BCUT2D eigenvalue weighted by Gasteiger charge is -2.19. The van der Waals surface area contributed by atoms with Crippen LogP contribution in [0.4, 0.5) is 0 Å². The van der Waals surface area contributed by atoms with Crippen LogP contribution in [-0.4, -0.2) is 57.1 Å². The normalized spacial score (nSPS) is 11.4. The maximum Gasteiger partial charge on any atom is 0.0206 e. The Morgan fingerprint density at radius 3 is 2.29 bits per heavy atom. The molecule has 0 saturated heterocycles. The molecule has 0 aliphatic rings. The van der Waals surface area contributed by atoms with Crippen LogP contribution >= 0.6 is 0 Å². The molecule has 0 radical (unpaired) electrons. The van der Waals surface area contributed by atoms with Gasteiger partial charge in [0.1, 0.15) is 0 Å². The average molecular weight is 235 g/mol. The van der Waals surface area contributed by atoms with Crippen molar-refractivity contribution in [3.63, 3.8) is 0 Å². The molecule has 0 unspecified atom stereocenters. The number of rotatable bonds is 8. The van der Waals surface area contributed by atoms with Crippen molar-refractivity contribution >= 4 is 0 Å². The fourth-order valence-electron chi connectivity index (χ4n) is 1.58. The molecule has 1 aromatic carbocycles. The first kappa shape index (κ1) is 14.2. The zero-order chi connectivity index (χ0) is 12.5. The molecular weight excluding hydrogens is 210 g/mol. The standard InChI is InChI=1S/C14H25N3/c1-16(2)11-12-17(3)10-9-15-13-14-7-5-4-6-8-14/h4-8,15H,9-13H2,1-3H3. The maximum atomic E-state index is 3.46. The van der Waals surface area contributed by atoms with Crippen LogP contribution in [0.3, 0.4) is 0 Å².